The van der Waals surface area contributed by atoms with Crippen molar-refractivity contribution in [2.75, 3.05) is 0 Å². The minimum atomic E-state index is 0. The fourth-order valence-corrected chi connectivity index (χ4v) is 4.20. The molecule has 5 heterocycles. The minimum Gasteiger partial charge on any atom is -0.337 e. The Morgan fingerprint density at radius 2 is 0.976 bits per heavy atom. The Kier molecular flexibility index (Phi) is 10.3. The van der Waals surface area contributed by atoms with Gasteiger partial charge < -0.3 is 22.4 Å². The third-order valence-corrected chi connectivity index (χ3v) is 6.11. The Morgan fingerprint density at radius 3 is 1.39 bits per heavy atom. The summed E-state index contributed by atoms with van der Waals surface area (Å²) in [7, 11) is 4.57. The number of aromatic amines is 2. The number of para-hydroxylation sites is 4. The third-order valence-electron chi connectivity index (χ3n) is 6.11. The molecular formula is C31H25Cl2N7Ru. The van der Waals surface area contributed by atoms with Crippen LogP contribution in [-0.4, -0.2) is 34.9 Å². The van der Waals surface area contributed by atoms with E-state index in [9.17, 15) is 0 Å². The summed E-state index contributed by atoms with van der Waals surface area (Å²) in [5.41, 5.74) is 9.76. The van der Waals surface area contributed by atoms with Crippen molar-refractivity contribution in [2.45, 2.75) is 13.8 Å². The molecule has 0 spiro atoms. The molecule has 41 heavy (non-hydrogen) atoms. The number of hydrogen-bond acceptors (Lipinski definition) is 5. The maximum absolute atomic E-state index is 4.72. The van der Waals surface area contributed by atoms with Gasteiger partial charge in [0.15, 0.2) is 11.6 Å². The van der Waals surface area contributed by atoms with Gasteiger partial charge in [-0.25, -0.2) is 15.0 Å². The van der Waals surface area contributed by atoms with Crippen molar-refractivity contribution in [3.8, 4) is 34.4 Å². The smallest absolute Gasteiger partial charge is 0.157 e. The molecule has 0 saturated heterocycles. The van der Waals surface area contributed by atoms with Gasteiger partial charge in [0.1, 0.15) is 11.4 Å². The largest absolute Gasteiger partial charge is 0.337 e. The second kappa shape index (κ2) is 14.1. The van der Waals surface area contributed by atoms with Gasteiger partial charge in [-0.05, 0) is 85.6 Å². The van der Waals surface area contributed by atoms with E-state index >= 15 is 0 Å². The van der Waals surface area contributed by atoms with Gasteiger partial charge >= 0.3 is 27.0 Å². The van der Waals surface area contributed by atoms with E-state index in [4.69, 9.17) is 4.98 Å². The summed E-state index contributed by atoms with van der Waals surface area (Å²) in [4.78, 5) is 29.1. The summed E-state index contributed by atoms with van der Waals surface area (Å²) in [5, 5.41) is 0. The van der Waals surface area contributed by atoms with Crippen LogP contribution in [0.2, 0.25) is 0 Å². The summed E-state index contributed by atoms with van der Waals surface area (Å²) >= 11 is 1.82. The number of rotatable bonds is 3. The molecule has 2 aromatic carbocycles. The molecule has 5 aromatic heterocycles. The summed E-state index contributed by atoms with van der Waals surface area (Å²) in [6.45, 7) is 4.11. The van der Waals surface area contributed by atoms with Crippen LogP contribution in [0.5, 0.6) is 0 Å². The van der Waals surface area contributed by atoms with Gasteiger partial charge in [0.05, 0.1) is 33.5 Å². The molecule has 206 valence electrons. The molecule has 10 heteroatoms. The SMILES string of the molecule is Cc1ccnc(-c2cc(C)ccn2)c1.[Cl-].[Cl][Ru+].c1cc(-c2nc3ccccc3[nH]2)nc(-c2nc3ccccc3[nH]2)c1. The number of nitrogens with one attached hydrogen (secondary N) is 2. The number of imidazole rings is 2. The number of nitrogens with zero attached hydrogens (tertiary/aromatic N) is 5. The van der Waals surface area contributed by atoms with Gasteiger partial charge in [-0.15, -0.1) is 0 Å². The Balaban J connectivity index is 0.000000196. The van der Waals surface area contributed by atoms with Crippen molar-refractivity contribution in [3.05, 3.63) is 115 Å². The molecule has 0 aliphatic heterocycles. The van der Waals surface area contributed by atoms with Crippen molar-refractivity contribution < 1.29 is 29.7 Å². The second-order valence-corrected chi connectivity index (χ2v) is 9.05. The van der Waals surface area contributed by atoms with Gasteiger partial charge in [-0.2, -0.15) is 0 Å². The van der Waals surface area contributed by atoms with Crippen LogP contribution in [0.4, 0.5) is 0 Å². The van der Waals surface area contributed by atoms with E-state index in [1.807, 2.05) is 121 Å². The van der Waals surface area contributed by atoms with Crippen LogP contribution < -0.4 is 12.4 Å². The summed E-state index contributed by atoms with van der Waals surface area (Å²) in [5.74, 6) is 1.52. The molecular weight excluding hydrogens is 642 g/mol. The van der Waals surface area contributed by atoms with Crippen LogP contribution in [0.15, 0.2) is 103 Å². The number of halogens is 2. The molecule has 0 fully saturated rings. The molecule has 0 unspecified atom stereocenters. The molecule has 7 nitrogen and oxygen atoms in total. The van der Waals surface area contributed by atoms with Crippen LogP contribution in [0.1, 0.15) is 11.1 Å². The van der Waals surface area contributed by atoms with Crippen molar-refractivity contribution >= 4 is 31.8 Å². The van der Waals surface area contributed by atoms with E-state index < -0.39 is 0 Å². The first-order chi connectivity index (χ1) is 19.6. The van der Waals surface area contributed by atoms with Gasteiger partial charge in [-0.3, -0.25) is 9.97 Å². The van der Waals surface area contributed by atoms with Crippen molar-refractivity contribution in [1.29, 1.82) is 0 Å². The first-order valence-electron chi connectivity index (χ1n) is 12.5. The van der Waals surface area contributed by atoms with Gasteiger partial charge in [0, 0.05) is 12.4 Å². The molecule has 2 N–H and O–H groups in total. The monoisotopic (exact) mass is 667 g/mol. The van der Waals surface area contributed by atoms with Crippen LogP contribution in [0.3, 0.4) is 0 Å². The number of aromatic nitrogens is 7. The minimum absolute atomic E-state index is 0. The van der Waals surface area contributed by atoms with Crippen LogP contribution in [0, 0.1) is 13.8 Å². The summed E-state index contributed by atoms with van der Waals surface area (Å²) < 4.78 is 0. The first kappa shape index (κ1) is 30.0. The van der Waals surface area contributed by atoms with E-state index in [-0.39, 0.29) is 12.4 Å². The maximum Gasteiger partial charge on any atom is 0.157 e. The normalized spacial score (nSPS) is 10.2. The van der Waals surface area contributed by atoms with Gasteiger partial charge in [0.2, 0.25) is 0 Å². The standard InChI is InChI=1S/C19H13N5.C12H12N2.2ClH.Ru/c1-2-7-13-12(6-1)21-18(22-13)16-10-5-11-17(20-16)19-23-14-8-3-4-9-15(14)24-19;1-9-3-5-13-11(7-9)12-8-10(2)4-6-14-12;;;/h1-11H,(H,21,22)(H,23,24);3-8H,1-2H3;2*1H;/q;;;;+2/p-2. The zero-order valence-corrected chi connectivity index (χ0v) is 25.4. The Bertz CT molecular complexity index is 1690. The first-order valence-corrected chi connectivity index (χ1v) is 14.7. The van der Waals surface area contributed by atoms with E-state index in [0.717, 1.165) is 56.5 Å². The molecule has 7 rings (SSSR count). The molecule has 0 saturated carbocycles. The summed E-state index contributed by atoms with van der Waals surface area (Å²) in [6.07, 6.45) is 3.63. The van der Waals surface area contributed by atoms with E-state index in [0.29, 0.717) is 0 Å². The van der Waals surface area contributed by atoms with Crippen LogP contribution in [-0.2, 0) is 17.3 Å². The topological polar surface area (TPSA) is 96.0 Å². The second-order valence-electron chi connectivity index (χ2n) is 9.05. The fourth-order valence-electron chi connectivity index (χ4n) is 4.20. The molecule has 0 aliphatic rings. The zero-order valence-electron chi connectivity index (χ0n) is 22.2. The predicted molar refractivity (Wildman–Crippen MR) is 157 cm³/mol. The van der Waals surface area contributed by atoms with Crippen molar-refractivity contribution in [1.82, 2.24) is 34.9 Å². The number of benzene rings is 2. The van der Waals surface area contributed by atoms with Crippen molar-refractivity contribution in [3.63, 3.8) is 0 Å². The molecule has 0 bridgehead atoms. The zero-order chi connectivity index (χ0) is 27.9. The molecule has 0 aliphatic carbocycles. The Hall–Kier alpha value is -3.97. The molecule has 0 amide bonds. The number of pyridine rings is 3. The average Bonchev–Trinajstić information content (AvgIpc) is 3.64. The van der Waals surface area contributed by atoms with E-state index in [2.05, 4.69) is 53.4 Å². The quantitative estimate of drug-likeness (QED) is 0.269. The molecule has 0 atom stereocenters. The predicted octanol–water partition coefficient (Wildman–Crippen LogP) is 4.62. The number of hydrogen-bond donors (Lipinski definition) is 2. The number of aryl methyl sites for hydroxylation is 2. The Labute approximate surface area is 258 Å². The van der Waals surface area contributed by atoms with Crippen LogP contribution >= 0.6 is 9.69 Å². The summed E-state index contributed by atoms with van der Waals surface area (Å²) in [6, 6.07) is 29.8. The average molecular weight is 668 g/mol. The fraction of sp³-hybridized carbons (Fsp3) is 0.0645. The van der Waals surface area contributed by atoms with E-state index in [1.165, 1.54) is 11.1 Å². The van der Waals surface area contributed by atoms with Crippen molar-refractivity contribution in [2.24, 2.45) is 0 Å². The maximum atomic E-state index is 4.72. The third kappa shape index (κ3) is 7.22. The number of H-pyrrole nitrogens is 2. The van der Waals surface area contributed by atoms with Gasteiger partial charge in [0.25, 0.3) is 0 Å². The molecule has 0 radical (unpaired) electrons. The molecule has 7 aromatic rings. The van der Waals surface area contributed by atoms with Gasteiger partial charge in [-0.1, -0.05) is 30.3 Å². The van der Waals surface area contributed by atoms with Crippen LogP contribution in [0.25, 0.3) is 56.5 Å². The number of fused-ring (bicyclic) bond motifs is 2. The Morgan fingerprint density at radius 1 is 0.537 bits per heavy atom. The van der Waals surface area contributed by atoms with E-state index in [1.54, 1.807) is 0 Å².